The van der Waals surface area contributed by atoms with Crippen LogP contribution in [0.1, 0.15) is 47.3 Å². The molecular weight excluding hydrogens is 420 g/mol. The molecule has 8 heteroatoms. The fourth-order valence-electron chi connectivity index (χ4n) is 3.61. The van der Waals surface area contributed by atoms with E-state index >= 15 is 0 Å². The lowest BCUT2D eigenvalue weighted by Gasteiger charge is -2.13. The predicted octanol–water partition coefficient (Wildman–Crippen LogP) is 5.76. The fourth-order valence-corrected chi connectivity index (χ4v) is 3.90. The van der Waals surface area contributed by atoms with Gasteiger partial charge in [0.25, 0.3) is 5.91 Å². The maximum Gasteiger partial charge on any atom is 0.311 e. The molecule has 29 heavy (non-hydrogen) atoms. The number of rotatable bonds is 5. The van der Waals surface area contributed by atoms with E-state index in [0.29, 0.717) is 12.1 Å². The molecule has 0 saturated heterocycles. The summed E-state index contributed by atoms with van der Waals surface area (Å²) in [6, 6.07) is 6.88. The average molecular weight is 438 g/mol. The highest BCUT2D eigenvalue weighted by atomic mass is 35.5. The van der Waals surface area contributed by atoms with Crippen LogP contribution in [0, 0.1) is 12.7 Å². The Morgan fingerprint density at radius 2 is 1.86 bits per heavy atom. The topological polar surface area (TPSA) is 79.5 Å². The van der Waals surface area contributed by atoms with Crippen LogP contribution in [-0.2, 0) is 4.79 Å². The number of carboxylic acid groups (broad SMARTS) is 1. The first-order valence-electron chi connectivity index (χ1n) is 8.93. The number of aromatic hydroxyl groups is 1. The summed E-state index contributed by atoms with van der Waals surface area (Å²) in [7, 11) is 0. The molecule has 2 N–H and O–H groups in total. The van der Waals surface area contributed by atoms with Crippen molar-refractivity contribution in [2.45, 2.75) is 32.6 Å². The maximum atomic E-state index is 14.9. The molecule has 0 aliphatic rings. The molecule has 0 aliphatic carbocycles. The summed E-state index contributed by atoms with van der Waals surface area (Å²) in [5.41, 5.74) is 0.852. The van der Waals surface area contributed by atoms with Crippen LogP contribution in [0.25, 0.3) is 10.9 Å². The van der Waals surface area contributed by atoms with Gasteiger partial charge in [-0.05, 0) is 49.2 Å². The van der Waals surface area contributed by atoms with Crippen LogP contribution in [0.5, 0.6) is 5.75 Å². The summed E-state index contributed by atoms with van der Waals surface area (Å²) >= 11 is 11.9. The zero-order valence-electron chi connectivity index (χ0n) is 15.7. The molecule has 1 heterocycles. The van der Waals surface area contributed by atoms with Gasteiger partial charge in [0.2, 0.25) is 0 Å². The largest absolute Gasteiger partial charge is 0.505 e. The number of carbonyl (C=O) groups excluding carboxylic acids is 1. The van der Waals surface area contributed by atoms with E-state index in [1.165, 1.54) is 28.8 Å². The van der Waals surface area contributed by atoms with Gasteiger partial charge in [0.15, 0.2) is 11.6 Å². The van der Waals surface area contributed by atoms with Gasteiger partial charge in [0.05, 0.1) is 21.5 Å². The highest BCUT2D eigenvalue weighted by Crippen LogP contribution is 2.39. The number of aliphatic carboxylic acids is 1. The van der Waals surface area contributed by atoms with Crippen molar-refractivity contribution < 1.29 is 24.2 Å². The molecule has 0 radical (unpaired) electrons. The third kappa shape index (κ3) is 3.58. The van der Waals surface area contributed by atoms with E-state index in [9.17, 15) is 24.2 Å². The van der Waals surface area contributed by atoms with Crippen molar-refractivity contribution in [3.63, 3.8) is 0 Å². The maximum absolute atomic E-state index is 14.9. The van der Waals surface area contributed by atoms with Crippen LogP contribution in [0.2, 0.25) is 10.0 Å². The van der Waals surface area contributed by atoms with E-state index in [2.05, 4.69) is 0 Å². The van der Waals surface area contributed by atoms with Gasteiger partial charge >= 0.3 is 5.97 Å². The molecule has 1 aromatic heterocycles. The Labute approximate surface area is 176 Å². The Morgan fingerprint density at radius 1 is 1.17 bits per heavy atom. The third-order valence-electron chi connectivity index (χ3n) is 4.93. The molecule has 1 unspecified atom stereocenters. The lowest BCUT2D eigenvalue weighted by Crippen LogP contribution is -2.16. The lowest BCUT2D eigenvalue weighted by atomic mass is 9.92. The normalized spacial score (nSPS) is 12.3. The van der Waals surface area contributed by atoms with E-state index < -0.39 is 29.4 Å². The molecule has 3 aromatic rings. The molecule has 0 aliphatic heterocycles. The molecule has 1 atom stereocenters. The van der Waals surface area contributed by atoms with Crippen molar-refractivity contribution in [3.8, 4) is 5.75 Å². The highest BCUT2D eigenvalue weighted by molar-refractivity contribution is 6.42. The summed E-state index contributed by atoms with van der Waals surface area (Å²) in [5.74, 6) is -4.23. The minimum Gasteiger partial charge on any atom is -0.505 e. The molecule has 2 aromatic carbocycles. The van der Waals surface area contributed by atoms with E-state index in [-0.39, 0.29) is 38.5 Å². The molecule has 152 valence electrons. The predicted molar refractivity (Wildman–Crippen MR) is 110 cm³/mol. The van der Waals surface area contributed by atoms with Crippen LogP contribution >= 0.6 is 23.2 Å². The van der Waals surface area contributed by atoms with Crippen molar-refractivity contribution in [2.24, 2.45) is 0 Å². The van der Waals surface area contributed by atoms with E-state index in [1.54, 1.807) is 6.92 Å². The zero-order chi connectivity index (χ0) is 21.5. The third-order valence-corrected chi connectivity index (χ3v) is 5.67. The minimum atomic E-state index is -1.13. The smallest absolute Gasteiger partial charge is 0.311 e. The number of nitrogens with zero attached hydrogens (tertiary/aromatic N) is 1. The van der Waals surface area contributed by atoms with Gasteiger partial charge < -0.3 is 10.2 Å². The lowest BCUT2D eigenvalue weighted by molar-refractivity contribution is -0.139. The van der Waals surface area contributed by atoms with E-state index in [1.807, 2.05) is 6.92 Å². The number of fused-ring (bicyclic) bond motifs is 1. The first-order valence-corrected chi connectivity index (χ1v) is 9.69. The fraction of sp³-hybridized carbons (Fsp3) is 0.238. The molecule has 0 bridgehead atoms. The Hall–Kier alpha value is -2.57. The number of benzene rings is 2. The Morgan fingerprint density at radius 3 is 2.45 bits per heavy atom. The monoisotopic (exact) mass is 437 g/mol. The van der Waals surface area contributed by atoms with Crippen LogP contribution < -0.4 is 0 Å². The molecule has 0 spiro atoms. The van der Waals surface area contributed by atoms with Crippen molar-refractivity contribution in [2.75, 3.05) is 0 Å². The van der Waals surface area contributed by atoms with Gasteiger partial charge in [-0.15, -0.1) is 0 Å². The van der Waals surface area contributed by atoms with Crippen molar-refractivity contribution in [1.82, 2.24) is 4.57 Å². The van der Waals surface area contributed by atoms with Crippen LogP contribution in [0.4, 0.5) is 4.39 Å². The second-order valence-corrected chi connectivity index (χ2v) is 7.56. The number of phenolic OH excluding ortho intramolecular Hbond substituents is 1. The van der Waals surface area contributed by atoms with Gasteiger partial charge in [-0.1, -0.05) is 36.5 Å². The minimum absolute atomic E-state index is 0.0724. The zero-order valence-corrected chi connectivity index (χ0v) is 17.2. The van der Waals surface area contributed by atoms with Crippen LogP contribution in [0.3, 0.4) is 0 Å². The summed E-state index contributed by atoms with van der Waals surface area (Å²) in [6.07, 6.45) is 0.801. The highest BCUT2D eigenvalue weighted by Gasteiger charge is 2.31. The van der Waals surface area contributed by atoms with Crippen molar-refractivity contribution in [3.05, 3.63) is 63.0 Å². The number of halogens is 3. The van der Waals surface area contributed by atoms with Gasteiger partial charge in [0.1, 0.15) is 0 Å². The van der Waals surface area contributed by atoms with Crippen molar-refractivity contribution >= 4 is 46.0 Å². The van der Waals surface area contributed by atoms with E-state index in [0.717, 1.165) is 6.07 Å². The second-order valence-electron chi connectivity index (χ2n) is 6.74. The summed E-state index contributed by atoms with van der Waals surface area (Å²) < 4.78 is 16.1. The standard InChI is InChI=1S/C21H18Cl2FNO4/c1-3-4-12(21(28)29)17-10(2)25(15-7-8-16(26)19(24)18(15)17)20(27)11-5-6-13(22)14(23)9-11/h5-9,12,26H,3-4H2,1-2H3,(H,28,29). The van der Waals surface area contributed by atoms with E-state index in [4.69, 9.17) is 23.2 Å². The number of phenols is 1. The number of carboxylic acids is 1. The Bertz CT molecular complexity index is 1140. The number of aromatic nitrogens is 1. The van der Waals surface area contributed by atoms with Gasteiger partial charge in [-0.3, -0.25) is 14.2 Å². The van der Waals surface area contributed by atoms with Crippen molar-refractivity contribution in [1.29, 1.82) is 0 Å². The van der Waals surface area contributed by atoms with Gasteiger partial charge in [0, 0.05) is 16.6 Å². The quantitative estimate of drug-likeness (QED) is 0.531. The summed E-state index contributed by atoms with van der Waals surface area (Å²) in [5, 5.41) is 20.0. The molecular formula is C21H18Cl2FNO4. The first kappa shape index (κ1) is 21.1. The number of hydrogen-bond acceptors (Lipinski definition) is 3. The molecule has 0 saturated carbocycles. The van der Waals surface area contributed by atoms with Gasteiger partial charge in [-0.2, -0.15) is 0 Å². The molecule has 5 nitrogen and oxygen atoms in total. The number of hydrogen-bond donors (Lipinski definition) is 2. The SMILES string of the molecule is CCCC(C(=O)O)c1c(C)n(C(=O)c2ccc(Cl)c(Cl)c2)c2ccc(O)c(F)c12. The molecule has 0 amide bonds. The van der Waals surface area contributed by atoms with Gasteiger partial charge in [-0.25, -0.2) is 4.39 Å². The Kier molecular flexibility index (Phi) is 5.87. The Balaban J connectivity index is 2.35. The van der Waals surface area contributed by atoms with Crippen LogP contribution in [0.15, 0.2) is 30.3 Å². The molecule has 0 fully saturated rings. The van der Waals surface area contributed by atoms with Crippen LogP contribution in [-0.4, -0.2) is 26.7 Å². The second kappa shape index (κ2) is 8.05. The average Bonchev–Trinajstić information content (AvgIpc) is 2.96. The summed E-state index contributed by atoms with van der Waals surface area (Å²) in [4.78, 5) is 25.1. The molecule has 3 rings (SSSR count). The first-order chi connectivity index (χ1) is 13.7. The number of carbonyl (C=O) groups is 2. The summed E-state index contributed by atoms with van der Waals surface area (Å²) in [6.45, 7) is 3.38.